The van der Waals surface area contributed by atoms with Crippen LogP contribution >= 0.6 is 0 Å². The van der Waals surface area contributed by atoms with Crippen molar-refractivity contribution in [2.45, 2.75) is 45.3 Å². The lowest BCUT2D eigenvalue weighted by atomic mass is 10.1. The van der Waals surface area contributed by atoms with Gasteiger partial charge in [-0.1, -0.05) is 48.7 Å². The van der Waals surface area contributed by atoms with E-state index in [-0.39, 0.29) is 18.6 Å². The molecule has 1 amide bonds. The summed E-state index contributed by atoms with van der Waals surface area (Å²) in [6.07, 6.45) is 4.28. The van der Waals surface area contributed by atoms with E-state index < -0.39 is 5.97 Å². The van der Waals surface area contributed by atoms with E-state index >= 15 is 0 Å². The fourth-order valence-electron chi connectivity index (χ4n) is 3.24. The number of aryl methyl sites for hydroxylation is 1. The molecule has 142 valence electrons. The van der Waals surface area contributed by atoms with Gasteiger partial charge in [-0.15, -0.1) is 0 Å². The van der Waals surface area contributed by atoms with Gasteiger partial charge in [0.05, 0.1) is 5.56 Å². The smallest absolute Gasteiger partial charge is 0.338 e. The Hall–Kier alpha value is -2.82. The Morgan fingerprint density at radius 2 is 1.85 bits per heavy atom. The van der Waals surface area contributed by atoms with Gasteiger partial charge in [-0.3, -0.25) is 4.79 Å². The van der Waals surface area contributed by atoms with Crippen LogP contribution in [0.1, 0.15) is 47.2 Å². The predicted octanol–water partition coefficient (Wildman–Crippen LogP) is 3.79. The molecule has 1 aliphatic rings. The average Bonchev–Trinajstić information content (AvgIpc) is 3.18. The lowest BCUT2D eigenvalue weighted by Gasteiger charge is -2.12. The number of carbonyl (C=O) groups is 2. The van der Waals surface area contributed by atoms with E-state index in [1.54, 1.807) is 24.3 Å². The number of nitrogens with one attached hydrogen (secondary N) is 1. The molecule has 2 aromatic carbocycles. The van der Waals surface area contributed by atoms with Crippen LogP contribution in [-0.2, 0) is 16.1 Å². The van der Waals surface area contributed by atoms with Crippen molar-refractivity contribution in [1.82, 2.24) is 5.32 Å². The molecule has 0 heterocycles. The van der Waals surface area contributed by atoms with Crippen molar-refractivity contribution in [2.24, 2.45) is 0 Å². The Labute approximate surface area is 159 Å². The Balaban J connectivity index is 1.49. The second-order valence-electron chi connectivity index (χ2n) is 6.93. The van der Waals surface area contributed by atoms with E-state index in [9.17, 15) is 9.59 Å². The van der Waals surface area contributed by atoms with E-state index in [0.29, 0.717) is 17.9 Å². The molecule has 0 unspecified atom stereocenters. The maximum absolute atomic E-state index is 12.2. The molecule has 0 spiro atoms. The van der Waals surface area contributed by atoms with Gasteiger partial charge in [-0.25, -0.2) is 4.79 Å². The number of rotatable bonds is 7. The van der Waals surface area contributed by atoms with Gasteiger partial charge in [0.25, 0.3) is 5.91 Å². The predicted molar refractivity (Wildman–Crippen MR) is 103 cm³/mol. The molecule has 0 aliphatic heterocycles. The highest BCUT2D eigenvalue weighted by atomic mass is 16.5. The summed E-state index contributed by atoms with van der Waals surface area (Å²) in [4.78, 5) is 24.1. The molecule has 1 fully saturated rings. The molecule has 5 heteroatoms. The highest BCUT2D eigenvalue weighted by molar-refractivity contribution is 5.91. The standard InChI is InChI=1S/C22H25NO4/c1-16-6-4-7-17(12-16)14-26-20-11-5-8-18(13-20)22(25)27-15-21(24)23-19-9-2-3-10-19/h4-8,11-13,19H,2-3,9-10,14-15H2,1H3,(H,23,24). The summed E-state index contributed by atoms with van der Waals surface area (Å²) < 4.78 is 10.9. The lowest BCUT2D eigenvalue weighted by Crippen LogP contribution is -2.35. The van der Waals surface area contributed by atoms with Gasteiger partial charge >= 0.3 is 5.97 Å². The van der Waals surface area contributed by atoms with Crippen molar-refractivity contribution < 1.29 is 19.1 Å². The fraction of sp³-hybridized carbons (Fsp3) is 0.364. The number of ether oxygens (including phenoxy) is 2. The number of carbonyl (C=O) groups excluding carboxylic acids is 2. The minimum Gasteiger partial charge on any atom is -0.489 e. The van der Waals surface area contributed by atoms with Crippen LogP contribution in [0.4, 0.5) is 0 Å². The molecule has 0 saturated heterocycles. The number of amides is 1. The molecular weight excluding hydrogens is 342 g/mol. The summed E-state index contributed by atoms with van der Waals surface area (Å²) in [5.41, 5.74) is 2.60. The Bertz CT molecular complexity index is 796. The molecule has 27 heavy (non-hydrogen) atoms. The Morgan fingerprint density at radius 3 is 2.63 bits per heavy atom. The van der Waals surface area contributed by atoms with Gasteiger partial charge in [-0.2, -0.15) is 0 Å². The van der Waals surface area contributed by atoms with Gasteiger partial charge in [0, 0.05) is 6.04 Å². The molecule has 5 nitrogen and oxygen atoms in total. The van der Waals surface area contributed by atoms with Crippen LogP contribution in [0.15, 0.2) is 48.5 Å². The minimum atomic E-state index is -0.530. The number of benzene rings is 2. The molecule has 0 aromatic heterocycles. The zero-order valence-electron chi connectivity index (χ0n) is 15.6. The third-order valence-electron chi connectivity index (χ3n) is 4.61. The summed E-state index contributed by atoms with van der Waals surface area (Å²) in [5.74, 6) is -0.193. The molecule has 0 radical (unpaired) electrons. The molecule has 0 atom stereocenters. The second-order valence-corrected chi connectivity index (χ2v) is 6.93. The van der Waals surface area contributed by atoms with Gasteiger partial charge in [0.15, 0.2) is 6.61 Å². The molecule has 1 saturated carbocycles. The van der Waals surface area contributed by atoms with Crippen LogP contribution in [0.2, 0.25) is 0 Å². The number of esters is 1. The first-order valence-electron chi connectivity index (χ1n) is 9.35. The monoisotopic (exact) mass is 367 g/mol. The van der Waals surface area contributed by atoms with Gasteiger partial charge < -0.3 is 14.8 Å². The minimum absolute atomic E-state index is 0.217. The maximum atomic E-state index is 12.2. The van der Waals surface area contributed by atoms with E-state index in [2.05, 4.69) is 11.4 Å². The van der Waals surface area contributed by atoms with Crippen LogP contribution in [-0.4, -0.2) is 24.5 Å². The second kappa shape index (κ2) is 9.21. The zero-order valence-corrected chi connectivity index (χ0v) is 15.6. The van der Waals surface area contributed by atoms with Crippen LogP contribution in [0.25, 0.3) is 0 Å². The van der Waals surface area contributed by atoms with Gasteiger partial charge in [0.1, 0.15) is 12.4 Å². The van der Waals surface area contributed by atoms with E-state index in [4.69, 9.17) is 9.47 Å². The summed E-state index contributed by atoms with van der Waals surface area (Å²) in [6, 6.07) is 15.1. The number of hydrogen-bond acceptors (Lipinski definition) is 4. The van der Waals surface area contributed by atoms with Gasteiger partial charge in [-0.05, 0) is 43.5 Å². The van der Waals surface area contributed by atoms with Crippen LogP contribution in [0.5, 0.6) is 5.75 Å². The quantitative estimate of drug-likeness (QED) is 0.756. The normalized spacial score (nSPS) is 14.0. The molecule has 3 rings (SSSR count). The summed E-state index contributed by atoms with van der Waals surface area (Å²) in [7, 11) is 0. The average molecular weight is 367 g/mol. The molecular formula is C22H25NO4. The number of hydrogen-bond donors (Lipinski definition) is 1. The Kier molecular flexibility index (Phi) is 6.47. The van der Waals surface area contributed by atoms with Crippen molar-refractivity contribution in [2.75, 3.05) is 6.61 Å². The summed E-state index contributed by atoms with van der Waals surface area (Å²) in [6.45, 7) is 2.19. The fourth-order valence-corrected chi connectivity index (χ4v) is 3.24. The topological polar surface area (TPSA) is 64.6 Å². The first kappa shape index (κ1) is 19.0. The van der Waals surface area contributed by atoms with E-state index in [0.717, 1.165) is 31.2 Å². The summed E-state index contributed by atoms with van der Waals surface area (Å²) in [5, 5.41) is 2.90. The molecule has 1 N–H and O–H groups in total. The van der Waals surface area contributed by atoms with Crippen LogP contribution < -0.4 is 10.1 Å². The largest absolute Gasteiger partial charge is 0.489 e. The van der Waals surface area contributed by atoms with Crippen molar-refractivity contribution in [3.63, 3.8) is 0 Å². The zero-order chi connectivity index (χ0) is 19.1. The first-order valence-corrected chi connectivity index (χ1v) is 9.35. The Morgan fingerprint density at radius 1 is 1.07 bits per heavy atom. The van der Waals surface area contributed by atoms with Crippen molar-refractivity contribution in [3.8, 4) is 5.75 Å². The molecule has 1 aliphatic carbocycles. The van der Waals surface area contributed by atoms with Gasteiger partial charge in [0.2, 0.25) is 0 Å². The third kappa shape index (κ3) is 5.84. The van der Waals surface area contributed by atoms with Crippen molar-refractivity contribution in [3.05, 3.63) is 65.2 Å². The van der Waals surface area contributed by atoms with E-state index in [1.165, 1.54) is 5.56 Å². The molecule has 0 bridgehead atoms. The first-order chi connectivity index (χ1) is 13.1. The van der Waals surface area contributed by atoms with Crippen molar-refractivity contribution in [1.29, 1.82) is 0 Å². The third-order valence-corrected chi connectivity index (χ3v) is 4.61. The maximum Gasteiger partial charge on any atom is 0.338 e. The highest BCUT2D eigenvalue weighted by Gasteiger charge is 2.18. The van der Waals surface area contributed by atoms with Crippen LogP contribution in [0, 0.1) is 6.92 Å². The molecule has 2 aromatic rings. The van der Waals surface area contributed by atoms with E-state index in [1.807, 2.05) is 25.1 Å². The lowest BCUT2D eigenvalue weighted by molar-refractivity contribution is -0.124. The van der Waals surface area contributed by atoms with Crippen molar-refractivity contribution >= 4 is 11.9 Å². The SMILES string of the molecule is Cc1cccc(COc2cccc(C(=O)OCC(=O)NC3CCCC3)c2)c1. The van der Waals surface area contributed by atoms with Crippen LogP contribution in [0.3, 0.4) is 0 Å². The highest BCUT2D eigenvalue weighted by Crippen LogP contribution is 2.18. The summed E-state index contributed by atoms with van der Waals surface area (Å²) >= 11 is 0.